The van der Waals surface area contributed by atoms with Crippen molar-refractivity contribution in [2.75, 3.05) is 5.32 Å². The Hall–Kier alpha value is -2.91. The van der Waals surface area contributed by atoms with Crippen LogP contribution in [0.2, 0.25) is 0 Å². The van der Waals surface area contributed by atoms with Crippen molar-refractivity contribution in [1.82, 2.24) is 5.32 Å². The molecule has 0 saturated heterocycles. The molecule has 3 aromatic carbocycles. The molecule has 0 bridgehead atoms. The van der Waals surface area contributed by atoms with Crippen LogP contribution in [-0.2, 0) is 4.79 Å². The van der Waals surface area contributed by atoms with Crippen LogP contribution in [-0.4, -0.2) is 11.9 Å². The van der Waals surface area contributed by atoms with Crippen molar-refractivity contribution in [2.24, 2.45) is 0 Å². The van der Waals surface area contributed by atoms with Crippen LogP contribution in [0.15, 0.2) is 91.0 Å². The van der Waals surface area contributed by atoms with E-state index in [-0.39, 0.29) is 18.0 Å². The number of rotatable bonds is 6. The molecule has 1 atom stereocenters. The molecule has 1 amide bonds. The third kappa shape index (κ3) is 4.55. The molecule has 0 aromatic heterocycles. The highest BCUT2D eigenvalue weighted by molar-refractivity contribution is 5.94. The summed E-state index contributed by atoms with van der Waals surface area (Å²) in [5, 5.41) is 6.41. The topological polar surface area (TPSA) is 41.1 Å². The lowest BCUT2D eigenvalue weighted by Crippen LogP contribution is -2.40. The van der Waals surface area contributed by atoms with Gasteiger partial charge < -0.3 is 5.32 Å². The molecular formula is C22H22N2O. The van der Waals surface area contributed by atoms with Crippen molar-refractivity contribution in [3.05, 3.63) is 102 Å². The highest BCUT2D eigenvalue weighted by Crippen LogP contribution is 2.22. The fourth-order valence-corrected chi connectivity index (χ4v) is 2.77. The van der Waals surface area contributed by atoms with Gasteiger partial charge in [-0.25, -0.2) is 0 Å². The highest BCUT2D eigenvalue weighted by Gasteiger charge is 2.20. The summed E-state index contributed by atoms with van der Waals surface area (Å²) in [5.41, 5.74) is 3.07. The molecule has 0 fully saturated rings. The highest BCUT2D eigenvalue weighted by atomic mass is 16.2. The average Bonchev–Trinajstić information content (AvgIpc) is 2.68. The second kappa shape index (κ2) is 8.27. The van der Waals surface area contributed by atoms with Gasteiger partial charge in [0.25, 0.3) is 0 Å². The second-order valence-corrected chi connectivity index (χ2v) is 6.00. The molecule has 25 heavy (non-hydrogen) atoms. The molecule has 3 nitrogen and oxygen atoms in total. The standard InChI is InChI=1S/C22H22N2O/c1-17(22(25)24-20-15-9-4-10-16-20)23-21(18-11-5-2-6-12-18)19-13-7-3-8-14-19/h2-17,21,23H,1H3,(H,24,25)/t17-/m1/s1. The first-order chi connectivity index (χ1) is 12.2. The van der Waals surface area contributed by atoms with Gasteiger partial charge in [0.05, 0.1) is 12.1 Å². The summed E-state index contributed by atoms with van der Waals surface area (Å²) in [6.07, 6.45) is 0. The van der Waals surface area contributed by atoms with Crippen molar-refractivity contribution in [2.45, 2.75) is 19.0 Å². The average molecular weight is 330 g/mol. The van der Waals surface area contributed by atoms with E-state index in [1.807, 2.05) is 73.7 Å². The van der Waals surface area contributed by atoms with Crippen LogP contribution in [0.5, 0.6) is 0 Å². The quantitative estimate of drug-likeness (QED) is 0.703. The zero-order valence-corrected chi connectivity index (χ0v) is 14.2. The Balaban J connectivity index is 1.77. The number of hydrogen-bond acceptors (Lipinski definition) is 2. The Kier molecular flexibility index (Phi) is 5.60. The predicted molar refractivity (Wildman–Crippen MR) is 102 cm³/mol. The minimum absolute atomic E-state index is 0.0427. The van der Waals surface area contributed by atoms with E-state index >= 15 is 0 Å². The van der Waals surface area contributed by atoms with Gasteiger partial charge in [0.2, 0.25) is 5.91 Å². The first-order valence-electron chi connectivity index (χ1n) is 8.46. The third-order valence-electron chi connectivity index (χ3n) is 4.12. The van der Waals surface area contributed by atoms with Crippen LogP contribution >= 0.6 is 0 Å². The maximum absolute atomic E-state index is 12.5. The van der Waals surface area contributed by atoms with Crippen molar-refractivity contribution >= 4 is 11.6 Å². The van der Waals surface area contributed by atoms with Crippen LogP contribution in [0.25, 0.3) is 0 Å². The first-order valence-corrected chi connectivity index (χ1v) is 8.46. The molecule has 3 aromatic rings. The molecule has 3 heteroatoms. The summed E-state index contributed by atoms with van der Waals surface area (Å²) < 4.78 is 0. The number of amides is 1. The molecule has 0 radical (unpaired) electrons. The van der Waals surface area contributed by atoms with Gasteiger partial charge in [-0.05, 0) is 30.2 Å². The smallest absolute Gasteiger partial charge is 0.241 e. The van der Waals surface area contributed by atoms with Crippen LogP contribution in [0.3, 0.4) is 0 Å². The molecule has 0 aliphatic heterocycles. The third-order valence-corrected chi connectivity index (χ3v) is 4.12. The van der Waals surface area contributed by atoms with Gasteiger partial charge in [-0.1, -0.05) is 78.9 Å². The van der Waals surface area contributed by atoms with Gasteiger partial charge in [-0.3, -0.25) is 10.1 Å². The maximum Gasteiger partial charge on any atom is 0.241 e. The molecular weight excluding hydrogens is 308 g/mol. The number of hydrogen-bond donors (Lipinski definition) is 2. The number of nitrogens with one attached hydrogen (secondary N) is 2. The van der Waals surface area contributed by atoms with E-state index in [1.165, 1.54) is 0 Å². The van der Waals surface area contributed by atoms with E-state index in [2.05, 4.69) is 34.9 Å². The maximum atomic E-state index is 12.5. The van der Waals surface area contributed by atoms with Gasteiger partial charge in [0, 0.05) is 5.69 Å². The fourth-order valence-electron chi connectivity index (χ4n) is 2.77. The number of anilines is 1. The molecule has 126 valence electrons. The van der Waals surface area contributed by atoms with Gasteiger partial charge >= 0.3 is 0 Å². The zero-order valence-electron chi connectivity index (χ0n) is 14.2. The lowest BCUT2D eigenvalue weighted by molar-refractivity contribution is -0.117. The van der Waals surface area contributed by atoms with E-state index in [9.17, 15) is 4.79 Å². The number of benzene rings is 3. The summed E-state index contributed by atoms with van der Waals surface area (Å²) in [7, 11) is 0. The molecule has 0 unspecified atom stereocenters. The summed E-state index contributed by atoms with van der Waals surface area (Å²) in [6, 6.07) is 29.5. The Morgan fingerprint density at radius 1 is 0.720 bits per heavy atom. The van der Waals surface area contributed by atoms with E-state index in [0.29, 0.717) is 0 Å². The van der Waals surface area contributed by atoms with E-state index in [1.54, 1.807) is 0 Å². The van der Waals surface area contributed by atoms with Crippen LogP contribution in [0, 0.1) is 0 Å². The Bertz CT molecular complexity index is 749. The molecule has 2 N–H and O–H groups in total. The molecule has 0 aliphatic rings. The monoisotopic (exact) mass is 330 g/mol. The largest absolute Gasteiger partial charge is 0.325 e. The number of carbonyl (C=O) groups is 1. The Labute approximate surface area is 148 Å². The van der Waals surface area contributed by atoms with Gasteiger partial charge in [-0.15, -0.1) is 0 Å². The summed E-state index contributed by atoms with van der Waals surface area (Å²) in [6.45, 7) is 1.89. The van der Waals surface area contributed by atoms with E-state index in [0.717, 1.165) is 16.8 Å². The molecule has 0 heterocycles. The number of carbonyl (C=O) groups excluding carboxylic acids is 1. The predicted octanol–water partition coefficient (Wildman–Crippen LogP) is 4.39. The Morgan fingerprint density at radius 2 is 1.16 bits per heavy atom. The van der Waals surface area contributed by atoms with Gasteiger partial charge in [0.1, 0.15) is 0 Å². The Morgan fingerprint density at radius 3 is 1.64 bits per heavy atom. The zero-order chi connectivity index (χ0) is 17.5. The lowest BCUT2D eigenvalue weighted by Gasteiger charge is -2.24. The fraction of sp³-hybridized carbons (Fsp3) is 0.136. The van der Waals surface area contributed by atoms with Crippen LogP contribution < -0.4 is 10.6 Å². The molecule has 3 rings (SSSR count). The second-order valence-electron chi connectivity index (χ2n) is 6.00. The molecule has 0 saturated carbocycles. The van der Waals surface area contributed by atoms with E-state index in [4.69, 9.17) is 0 Å². The van der Waals surface area contributed by atoms with Crippen molar-refractivity contribution < 1.29 is 4.79 Å². The summed E-state index contributed by atoms with van der Waals surface area (Å²) in [5.74, 6) is -0.0527. The molecule has 0 spiro atoms. The lowest BCUT2D eigenvalue weighted by atomic mass is 9.98. The first kappa shape index (κ1) is 16.9. The van der Waals surface area contributed by atoms with Crippen molar-refractivity contribution in [3.8, 4) is 0 Å². The normalized spacial score (nSPS) is 11.9. The summed E-state index contributed by atoms with van der Waals surface area (Å²) in [4.78, 5) is 12.5. The SMILES string of the molecule is C[C@@H](NC(c1ccccc1)c1ccccc1)C(=O)Nc1ccccc1. The number of para-hydroxylation sites is 1. The van der Waals surface area contributed by atoms with Gasteiger partial charge in [0.15, 0.2) is 0 Å². The van der Waals surface area contributed by atoms with Crippen LogP contribution in [0.1, 0.15) is 24.1 Å². The summed E-state index contributed by atoms with van der Waals surface area (Å²) >= 11 is 0. The van der Waals surface area contributed by atoms with E-state index < -0.39 is 0 Å². The minimum Gasteiger partial charge on any atom is -0.325 e. The van der Waals surface area contributed by atoms with Gasteiger partial charge in [-0.2, -0.15) is 0 Å². The van der Waals surface area contributed by atoms with Crippen molar-refractivity contribution in [1.29, 1.82) is 0 Å². The van der Waals surface area contributed by atoms with Crippen molar-refractivity contribution in [3.63, 3.8) is 0 Å². The minimum atomic E-state index is -0.342. The molecule has 0 aliphatic carbocycles. The van der Waals surface area contributed by atoms with Crippen LogP contribution in [0.4, 0.5) is 5.69 Å².